The summed E-state index contributed by atoms with van der Waals surface area (Å²) in [6.07, 6.45) is -13.6. The van der Waals surface area contributed by atoms with E-state index in [1.165, 1.54) is 20.1 Å². The van der Waals surface area contributed by atoms with Gasteiger partial charge in [0.25, 0.3) is 0 Å². The second-order valence-corrected chi connectivity index (χ2v) is 29.6. The molecule has 10 aliphatic rings. The van der Waals surface area contributed by atoms with Gasteiger partial charge in [0.1, 0.15) is 77.8 Å². The second kappa shape index (κ2) is 30.5. The Morgan fingerprint density at radius 2 is 0.990 bits per heavy atom. The highest BCUT2D eigenvalue weighted by Crippen LogP contribution is 2.71. The van der Waals surface area contributed by atoms with Gasteiger partial charge in [-0.05, 0) is 112 Å². The van der Waals surface area contributed by atoms with Crippen LogP contribution in [0.4, 0.5) is 0 Å². The van der Waals surface area contributed by atoms with E-state index in [2.05, 4.69) is 6.92 Å². The van der Waals surface area contributed by atoms with Crippen LogP contribution in [0.3, 0.4) is 0 Å². The molecule has 0 aromatic rings. The molecule has 27 nitrogen and oxygen atoms in total. The van der Waals surface area contributed by atoms with Gasteiger partial charge in [0.05, 0.1) is 79.2 Å². The van der Waals surface area contributed by atoms with Crippen LogP contribution in [0.25, 0.3) is 0 Å². The van der Waals surface area contributed by atoms with Crippen molar-refractivity contribution in [1.29, 1.82) is 0 Å². The first kappa shape index (κ1) is 76.3. The first-order valence-electron chi connectivity index (χ1n) is 34.8. The van der Waals surface area contributed by atoms with E-state index in [4.69, 9.17) is 85.3 Å². The van der Waals surface area contributed by atoms with Crippen molar-refractivity contribution >= 4 is 11.8 Å². The fraction of sp³-hybridized carbons (Fsp3) is 0.913. The summed E-state index contributed by atoms with van der Waals surface area (Å²) in [6, 6.07) is 0. The molecule has 96 heavy (non-hydrogen) atoms. The van der Waals surface area contributed by atoms with E-state index < -0.39 is 212 Å². The molecule has 0 amide bonds. The third-order valence-corrected chi connectivity index (χ3v) is 24.0. The van der Waals surface area contributed by atoms with Crippen LogP contribution < -0.4 is 0 Å². The number of fused-ring (bicyclic) bond motifs is 5. The van der Waals surface area contributed by atoms with Crippen LogP contribution in [-0.4, -0.2) is 272 Å². The number of methoxy groups -OCH3 is 5. The fourth-order valence-corrected chi connectivity index (χ4v) is 17.8. The Bertz CT molecular complexity index is 2680. The molecule has 9 fully saturated rings. The van der Waals surface area contributed by atoms with Gasteiger partial charge in [-0.25, -0.2) is 4.79 Å². The summed E-state index contributed by atoms with van der Waals surface area (Å²) in [5, 5.41) is 79.2. The molecule has 0 spiro atoms. The van der Waals surface area contributed by atoms with Crippen LogP contribution in [0.1, 0.15) is 153 Å². The number of hydrogen-bond donors (Lipinski definition) is 7. The van der Waals surface area contributed by atoms with Crippen molar-refractivity contribution in [2.45, 2.75) is 336 Å². The van der Waals surface area contributed by atoms with E-state index in [9.17, 15) is 45.3 Å². The molecular weight excluding hydrogens is 1260 g/mol. The number of carbonyl (C=O) groups excluding carboxylic acids is 2. The number of aliphatic hydroxyl groups excluding tert-OH is 4. The maximum atomic E-state index is 13.6. The molecule has 0 unspecified atom stereocenters. The minimum Gasteiger partial charge on any atom is -0.458 e. The molecule has 6 saturated heterocycles. The van der Waals surface area contributed by atoms with Crippen LogP contribution in [0.2, 0.25) is 0 Å². The van der Waals surface area contributed by atoms with E-state index in [-0.39, 0.29) is 44.1 Å². The molecule has 0 bridgehead atoms. The van der Waals surface area contributed by atoms with E-state index in [0.29, 0.717) is 44.9 Å². The highest BCUT2D eigenvalue weighted by Gasteiger charge is 2.81. The van der Waals surface area contributed by atoms with Gasteiger partial charge in [-0.2, -0.15) is 0 Å². The van der Waals surface area contributed by atoms with Crippen molar-refractivity contribution in [3.05, 3.63) is 23.3 Å². The quantitative estimate of drug-likeness (QED) is 0.0463. The molecule has 6 aliphatic heterocycles. The zero-order valence-electron chi connectivity index (χ0n) is 58.9. The molecule has 0 radical (unpaired) electrons. The zero-order chi connectivity index (χ0) is 69.9. The molecule has 4 aliphatic carbocycles. The first-order valence-corrected chi connectivity index (χ1v) is 34.8. The summed E-state index contributed by atoms with van der Waals surface area (Å²) in [4.78, 5) is 27.0. The van der Waals surface area contributed by atoms with Crippen molar-refractivity contribution in [1.82, 2.24) is 0 Å². The number of Topliss-reactive ketones (excluding diaryl/α,β-unsaturated/α-hetero) is 1. The summed E-state index contributed by atoms with van der Waals surface area (Å²) < 4.78 is 114. The summed E-state index contributed by atoms with van der Waals surface area (Å²) in [6.45, 7) is 19.5. The number of hydrogen-bond acceptors (Lipinski definition) is 27. The van der Waals surface area contributed by atoms with Crippen LogP contribution in [0, 0.1) is 22.7 Å². The number of allylic oxidation sites excluding steroid dienone is 1. The second-order valence-electron chi connectivity index (χ2n) is 29.6. The molecule has 0 aromatic carbocycles. The van der Waals surface area contributed by atoms with E-state index in [1.54, 1.807) is 42.3 Å². The number of ether oxygens (including phenoxy) is 18. The van der Waals surface area contributed by atoms with Gasteiger partial charge in [-0.15, -0.1) is 0 Å². The number of rotatable bonds is 22. The third kappa shape index (κ3) is 14.3. The lowest BCUT2D eigenvalue weighted by molar-refractivity contribution is -0.360. The average Bonchev–Trinajstić information content (AvgIpc) is 1.38. The van der Waals surface area contributed by atoms with Crippen LogP contribution in [-0.2, 0) is 94.9 Å². The minimum atomic E-state index is -2.04. The first-order chi connectivity index (χ1) is 45.3. The topological polar surface area (TPSA) is 342 Å². The maximum absolute atomic E-state index is 13.6. The van der Waals surface area contributed by atoms with Gasteiger partial charge < -0.3 is 121 Å². The minimum absolute atomic E-state index is 0.0505. The predicted octanol–water partition coefficient (Wildman–Crippen LogP) is 3.48. The SMILES string of the molecule is CO[C@H]1C[C@H](O[C@H]2CC[C@@]3(C)C(=CC[C@]4(O)[C@@H]3C[C@@H](OC(=O)/C=C(\C)C(C)C)[C@@]3(C)[C@]4(O)CC[C@@]3(O)C(C)=O)C2)O[C@H](C)[C@H]1O[C@H]1C[C@H](OC)[C@H](O[C@H]2C[C@@H](OC)[C@H](O[C@H]3C[C@@H](OC)[C@H](O[C@H]4C[C@@H](OC)[C@H](O[C@@H]5O[C@H](CO)[C@@H](O)[C@H](O)[C@H]5O)[C@@H](C)O4)[C@@H](C)O3)[C@@H](C)O2)[C@@H](C)O1. The Balaban J connectivity index is 0.701. The Morgan fingerprint density at radius 1 is 0.573 bits per heavy atom. The molecule has 550 valence electrons. The van der Waals surface area contributed by atoms with E-state index >= 15 is 0 Å². The van der Waals surface area contributed by atoms with Crippen LogP contribution in [0.5, 0.6) is 0 Å². The number of ketones is 1. The monoisotopic (exact) mass is 1370 g/mol. The van der Waals surface area contributed by atoms with Crippen molar-refractivity contribution in [3.63, 3.8) is 0 Å². The Labute approximate surface area is 564 Å². The normalized spacial score (nSPS) is 50.1. The van der Waals surface area contributed by atoms with Crippen molar-refractivity contribution in [2.24, 2.45) is 22.7 Å². The number of aliphatic hydroxyl groups is 7. The van der Waals surface area contributed by atoms with Gasteiger partial charge in [0.15, 0.2) is 43.5 Å². The highest BCUT2D eigenvalue weighted by atomic mass is 16.8. The molecule has 7 N–H and O–H groups in total. The molecule has 6 heterocycles. The van der Waals surface area contributed by atoms with Gasteiger partial charge in [0, 0.05) is 79.6 Å². The molecule has 27 heteroatoms. The Kier molecular flexibility index (Phi) is 24.3. The van der Waals surface area contributed by atoms with Gasteiger partial charge >= 0.3 is 5.97 Å². The van der Waals surface area contributed by atoms with Gasteiger partial charge in [-0.1, -0.05) is 38.0 Å². The summed E-state index contributed by atoms with van der Waals surface area (Å²) >= 11 is 0. The van der Waals surface area contributed by atoms with E-state index in [0.717, 1.165) is 11.1 Å². The molecule has 3 saturated carbocycles. The summed E-state index contributed by atoms with van der Waals surface area (Å²) in [5.74, 6) is -1.68. The molecular formula is C69H112O27. The van der Waals surface area contributed by atoms with Crippen molar-refractivity contribution in [2.75, 3.05) is 42.2 Å². The van der Waals surface area contributed by atoms with Crippen molar-refractivity contribution < 1.29 is 131 Å². The number of esters is 1. The van der Waals surface area contributed by atoms with Crippen LogP contribution in [0.15, 0.2) is 23.3 Å². The number of carbonyl (C=O) groups is 2. The predicted molar refractivity (Wildman–Crippen MR) is 336 cm³/mol. The molecule has 33 atom stereocenters. The summed E-state index contributed by atoms with van der Waals surface area (Å²) in [7, 11) is 7.98. The van der Waals surface area contributed by atoms with Crippen molar-refractivity contribution in [3.8, 4) is 0 Å². The lowest BCUT2D eigenvalue weighted by Crippen LogP contribution is -2.78. The lowest BCUT2D eigenvalue weighted by atomic mass is 9.42. The zero-order valence-corrected chi connectivity index (χ0v) is 58.9. The lowest BCUT2D eigenvalue weighted by Gasteiger charge is -2.67. The standard InChI is InChI=1S/C69H112O27/c1-32(2)33(3)23-50(72)91-49-30-48-65(10)19-18-41(24-40(65)17-20-68(48,77)69(78)22-21-67(76,39(9)71)66(49,69)11)89-51-25-42(79-12)59(34(4)84-51)92-52-26-43(80-13)60(35(5)85-52)93-53-27-44(81-14)61(36(6)86-53)94-54-28-45(82-15)62(37(7)87-54)95-55-29-46(83-16)63(38(8)88-55)96-64-58(75)57(74)56(73)47(31-70)90-64/h17,23,32,34-38,41-49,51-64,70,73-78H,18-22,24-31H2,1-16H3/b33-23+/t34-,35-,36-,37-,38-,41+,42+,43+,44-,45-,46-,47-,48-,49-,51+,52+,53+,54+,55+,56-,57+,58-,59-,60-,61-,62-,63-,64+,65+,66-,67-,68+,69-/m1/s1. The average molecular weight is 1370 g/mol. The molecule has 0 aromatic heterocycles. The largest absolute Gasteiger partial charge is 0.458 e. The maximum Gasteiger partial charge on any atom is 0.330 e. The smallest absolute Gasteiger partial charge is 0.330 e. The van der Waals surface area contributed by atoms with Gasteiger partial charge in [0.2, 0.25) is 0 Å². The Hall–Kier alpha value is -2.34. The van der Waals surface area contributed by atoms with Crippen LogP contribution >= 0.6 is 0 Å². The van der Waals surface area contributed by atoms with E-state index in [1.807, 2.05) is 54.5 Å². The Morgan fingerprint density at radius 3 is 1.39 bits per heavy atom. The highest BCUT2D eigenvalue weighted by molar-refractivity contribution is 5.87. The summed E-state index contributed by atoms with van der Waals surface area (Å²) in [5.41, 5.74) is -6.24. The molecule has 10 rings (SSSR count). The fourth-order valence-electron chi connectivity index (χ4n) is 17.8. The third-order valence-electron chi connectivity index (χ3n) is 24.0. The van der Waals surface area contributed by atoms with Gasteiger partial charge in [-0.3, -0.25) is 4.79 Å².